The second kappa shape index (κ2) is 7.42. The molecule has 2 heteroatoms. The molecule has 0 aromatic heterocycles. The molecule has 0 bridgehead atoms. The van der Waals surface area contributed by atoms with Crippen LogP contribution in [0.3, 0.4) is 0 Å². The highest BCUT2D eigenvalue weighted by atomic mass is 15.1. The van der Waals surface area contributed by atoms with Crippen LogP contribution in [-0.4, -0.2) is 19.6 Å². The summed E-state index contributed by atoms with van der Waals surface area (Å²) in [6.07, 6.45) is 6.64. The molecule has 1 aromatic carbocycles. The molecule has 0 spiro atoms. The van der Waals surface area contributed by atoms with Gasteiger partial charge < -0.3 is 10.2 Å². The zero-order chi connectivity index (χ0) is 13.5. The molecule has 1 aliphatic heterocycles. The minimum Gasteiger partial charge on any atom is -0.385 e. The summed E-state index contributed by atoms with van der Waals surface area (Å²) in [6.45, 7) is 8.10. The second-order valence-corrected chi connectivity index (χ2v) is 6.06. The van der Waals surface area contributed by atoms with Crippen molar-refractivity contribution in [2.45, 2.75) is 46.0 Å². The molecule has 2 nitrogen and oxygen atoms in total. The fourth-order valence-electron chi connectivity index (χ4n) is 2.69. The molecule has 0 unspecified atom stereocenters. The summed E-state index contributed by atoms with van der Waals surface area (Å²) in [6, 6.07) is 8.96. The van der Waals surface area contributed by atoms with Crippen molar-refractivity contribution >= 4 is 11.4 Å². The minimum atomic E-state index is 0.809. The summed E-state index contributed by atoms with van der Waals surface area (Å²) in [5.74, 6) is 0.809. The van der Waals surface area contributed by atoms with E-state index in [9.17, 15) is 0 Å². The number of anilines is 2. The monoisotopic (exact) mass is 260 g/mol. The molecule has 1 N–H and O–H groups in total. The highest BCUT2D eigenvalue weighted by molar-refractivity contribution is 5.55. The fraction of sp³-hybridized carbons (Fsp3) is 0.647. The van der Waals surface area contributed by atoms with Crippen LogP contribution in [-0.2, 0) is 0 Å². The Hall–Kier alpha value is -1.18. The molecule has 1 saturated heterocycles. The summed E-state index contributed by atoms with van der Waals surface area (Å²) in [5.41, 5.74) is 2.64. The first-order chi connectivity index (χ1) is 9.25. The number of hydrogen-bond acceptors (Lipinski definition) is 2. The van der Waals surface area contributed by atoms with E-state index in [1.54, 1.807) is 0 Å². The lowest BCUT2D eigenvalue weighted by molar-refractivity contribution is 0.567. The van der Waals surface area contributed by atoms with Crippen LogP contribution in [0, 0.1) is 5.92 Å². The lowest BCUT2D eigenvalue weighted by Crippen LogP contribution is -2.29. The van der Waals surface area contributed by atoms with Gasteiger partial charge in [0.15, 0.2) is 0 Å². The lowest BCUT2D eigenvalue weighted by atomic mass is 10.1. The van der Waals surface area contributed by atoms with Crippen molar-refractivity contribution in [3.05, 3.63) is 24.3 Å². The van der Waals surface area contributed by atoms with Gasteiger partial charge in [-0.15, -0.1) is 0 Å². The maximum Gasteiger partial charge on any atom is 0.0367 e. The Balaban J connectivity index is 1.77. The van der Waals surface area contributed by atoms with Crippen molar-refractivity contribution in [1.29, 1.82) is 0 Å². The van der Waals surface area contributed by atoms with E-state index >= 15 is 0 Å². The van der Waals surface area contributed by atoms with Crippen molar-refractivity contribution in [1.82, 2.24) is 0 Å². The second-order valence-electron chi connectivity index (χ2n) is 6.06. The third kappa shape index (κ3) is 4.77. The minimum absolute atomic E-state index is 0.809. The van der Waals surface area contributed by atoms with Crippen LogP contribution in [0.1, 0.15) is 46.0 Å². The van der Waals surface area contributed by atoms with Gasteiger partial charge in [-0.2, -0.15) is 0 Å². The van der Waals surface area contributed by atoms with Crippen molar-refractivity contribution < 1.29 is 0 Å². The summed E-state index contributed by atoms with van der Waals surface area (Å²) in [4.78, 5) is 2.51. The first-order valence-corrected chi connectivity index (χ1v) is 7.84. The van der Waals surface area contributed by atoms with Gasteiger partial charge in [0.1, 0.15) is 0 Å². The van der Waals surface area contributed by atoms with Gasteiger partial charge in [-0.25, -0.2) is 0 Å². The maximum absolute atomic E-state index is 3.51. The molecular weight excluding hydrogens is 232 g/mol. The van der Waals surface area contributed by atoms with Crippen LogP contribution in [0.15, 0.2) is 24.3 Å². The Morgan fingerprint density at radius 1 is 1.05 bits per heavy atom. The van der Waals surface area contributed by atoms with Gasteiger partial charge in [0, 0.05) is 31.0 Å². The van der Waals surface area contributed by atoms with E-state index in [0.29, 0.717) is 0 Å². The third-order valence-electron chi connectivity index (χ3n) is 3.88. The maximum atomic E-state index is 3.51. The van der Waals surface area contributed by atoms with E-state index in [2.05, 4.69) is 48.3 Å². The highest BCUT2D eigenvalue weighted by Crippen LogP contribution is 2.21. The molecule has 0 amide bonds. The van der Waals surface area contributed by atoms with E-state index in [1.165, 1.54) is 56.6 Å². The molecule has 0 aliphatic carbocycles. The molecule has 1 fully saturated rings. The molecule has 1 aromatic rings. The summed E-state index contributed by atoms with van der Waals surface area (Å²) < 4.78 is 0. The van der Waals surface area contributed by atoms with Crippen LogP contribution >= 0.6 is 0 Å². The quantitative estimate of drug-likeness (QED) is 0.756. The van der Waals surface area contributed by atoms with E-state index < -0.39 is 0 Å². The smallest absolute Gasteiger partial charge is 0.0367 e. The summed E-state index contributed by atoms with van der Waals surface area (Å²) in [5, 5.41) is 3.51. The van der Waals surface area contributed by atoms with Gasteiger partial charge in [0.25, 0.3) is 0 Å². The number of rotatable bonds is 6. The van der Waals surface area contributed by atoms with Gasteiger partial charge in [0.05, 0.1) is 0 Å². The van der Waals surface area contributed by atoms with E-state index in [-0.39, 0.29) is 0 Å². The van der Waals surface area contributed by atoms with Gasteiger partial charge in [0.2, 0.25) is 0 Å². The normalized spacial score (nSPS) is 15.8. The SMILES string of the molecule is CC(C)CCCNc1ccc(N2CCCCC2)cc1. The van der Waals surface area contributed by atoms with Crippen molar-refractivity contribution in [3.63, 3.8) is 0 Å². The zero-order valence-electron chi connectivity index (χ0n) is 12.5. The van der Waals surface area contributed by atoms with Gasteiger partial charge >= 0.3 is 0 Å². The van der Waals surface area contributed by atoms with Crippen molar-refractivity contribution in [2.24, 2.45) is 5.92 Å². The molecule has 106 valence electrons. The Labute approximate surface area is 118 Å². The molecule has 0 saturated carbocycles. The number of benzene rings is 1. The topological polar surface area (TPSA) is 15.3 Å². The van der Waals surface area contributed by atoms with Gasteiger partial charge in [-0.05, 0) is 62.3 Å². The lowest BCUT2D eigenvalue weighted by Gasteiger charge is -2.28. The first-order valence-electron chi connectivity index (χ1n) is 7.84. The Kier molecular flexibility index (Phi) is 5.56. The van der Waals surface area contributed by atoms with Crippen molar-refractivity contribution in [3.8, 4) is 0 Å². The third-order valence-corrected chi connectivity index (χ3v) is 3.88. The largest absolute Gasteiger partial charge is 0.385 e. The van der Waals surface area contributed by atoms with Crippen LogP contribution < -0.4 is 10.2 Å². The van der Waals surface area contributed by atoms with Crippen LogP contribution in [0.4, 0.5) is 11.4 Å². The van der Waals surface area contributed by atoms with Gasteiger partial charge in [-0.1, -0.05) is 13.8 Å². The predicted octanol–water partition coefficient (Wildman–Crippen LogP) is 4.53. The summed E-state index contributed by atoms with van der Waals surface area (Å²) in [7, 11) is 0. The molecular formula is C17H28N2. The Morgan fingerprint density at radius 3 is 2.37 bits per heavy atom. The highest BCUT2D eigenvalue weighted by Gasteiger charge is 2.10. The number of nitrogens with one attached hydrogen (secondary N) is 1. The van der Waals surface area contributed by atoms with E-state index in [0.717, 1.165) is 12.5 Å². The fourth-order valence-corrected chi connectivity index (χ4v) is 2.69. The number of piperidine rings is 1. The molecule has 19 heavy (non-hydrogen) atoms. The van der Waals surface area contributed by atoms with Crippen LogP contribution in [0.5, 0.6) is 0 Å². The molecule has 0 radical (unpaired) electrons. The van der Waals surface area contributed by atoms with E-state index in [4.69, 9.17) is 0 Å². The predicted molar refractivity (Wildman–Crippen MR) is 85.1 cm³/mol. The Morgan fingerprint density at radius 2 is 1.74 bits per heavy atom. The Bertz CT molecular complexity index is 350. The average molecular weight is 260 g/mol. The molecule has 2 rings (SSSR count). The standard InChI is InChI=1S/C17H28N2/c1-15(2)7-6-12-18-16-8-10-17(11-9-16)19-13-4-3-5-14-19/h8-11,15,18H,3-7,12-14H2,1-2H3. The average Bonchev–Trinajstić information content (AvgIpc) is 2.45. The molecule has 1 heterocycles. The van der Waals surface area contributed by atoms with Crippen LogP contribution in [0.25, 0.3) is 0 Å². The number of hydrogen-bond donors (Lipinski definition) is 1. The molecule has 1 aliphatic rings. The van der Waals surface area contributed by atoms with E-state index in [1.807, 2.05) is 0 Å². The van der Waals surface area contributed by atoms with Crippen LogP contribution in [0.2, 0.25) is 0 Å². The first kappa shape index (κ1) is 14.2. The van der Waals surface area contributed by atoms with Crippen molar-refractivity contribution in [2.75, 3.05) is 29.9 Å². The summed E-state index contributed by atoms with van der Waals surface area (Å²) >= 11 is 0. The molecule has 0 atom stereocenters. The van der Waals surface area contributed by atoms with Gasteiger partial charge in [-0.3, -0.25) is 0 Å². The number of nitrogens with zero attached hydrogens (tertiary/aromatic N) is 1. The zero-order valence-corrected chi connectivity index (χ0v) is 12.5.